The topological polar surface area (TPSA) is 72.9 Å². The highest BCUT2D eigenvalue weighted by molar-refractivity contribution is 5.33. The van der Waals surface area contributed by atoms with Gasteiger partial charge in [0.15, 0.2) is 5.82 Å². The molecule has 0 aromatic carbocycles. The van der Waals surface area contributed by atoms with E-state index in [-0.39, 0.29) is 17.6 Å². The van der Waals surface area contributed by atoms with E-state index in [0.29, 0.717) is 18.3 Å². The van der Waals surface area contributed by atoms with E-state index in [1.165, 1.54) is 0 Å². The summed E-state index contributed by atoms with van der Waals surface area (Å²) in [6.45, 7) is 4.90. The molecule has 1 aliphatic carbocycles. The summed E-state index contributed by atoms with van der Waals surface area (Å²) in [6, 6.07) is 0.310. The van der Waals surface area contributed by atoms with Gasteiger partial charge in [0.2, 0.25) is 0 Å². The van der Waals surface area contributed by atoms with Gasteiger partial charge < -0.3 is 15.6 Å². The maximum Gasteiger partial charge on any atom is 0.293 e. The monoisotopic (exact) mass is 250 g/mol. The van der Waals surface area contributed by atoms with Crippen molar-refractivity contribution in [2.45, 2.75) is 51.7 Å². The van der Waals surface area contributed by atoms with Gasteiger partial charge in [-0.3, -0.25) is 4.79 Å². The summed E-state index contributed by atoms with van der Waals surface area (Å²) in [5.41, 5.74) is 5.95. The van der Waals surface area contributed by atoms with Crippen molar-refractivity contribution in [3.8, 4) is 0 Å². The highest BCUT2D eigenvalue weighted by Crippen LogP contribution is 2.19. The van der Waals surface area contributed by atoms with E-state index in [1.807, 2.05) is 0 Å². The fourth-order valence-corrected chi connectivity index (χ4v) is 2.43. The second-order valence-corrected chi connectivity index (χ2v) is 5.47. The van der Waals surface area contributed by atoms with Crippen molar-refractivity contribution >= 4 is 5.82 Å². The molecule has 1 fully saturated rings. The Labute approximate surface area is 107 Å². The second-order valence-electron chi connectivity index (χ2n) is 5.47. The van der Waals surface area contributed by atoms with Gasteiger partial charge in [0.1, 0.15) is 0 Å². The van der Waals surface area contributed by atoms with Crippen molar-refractivity contribution in [1.29, 1.82) is 0 Å². The molecule has 1 aromatic rings. The Morgan fingerprint density at radius 1 is 1.56 bits per heavy atom. The van der Waals surface area contributed by atoms with Gasteiger partial charge in [0, 0.05) is 31.0 Å². The number of hydrogen-bond acceptors (Lipinski definition) is 4. The van der Waals surface area contributed by atoms with Crippen LogP contribution in [0.3, 0.4) is 0 Å². The van der Waals surface area contributed by atoms with Gasteiger partial charge in [0.05, 0.1) is 0 Å². The minimum atomic E-state index is -0.0506. The molecule has 1 saturated carbocycles. The molecule has 100 valence electrons. The van der Waals surface area contributed by atoms with Gasteiger partial charge in [-0.1, -0.05) is 13.8 Å². The number of aromatic nitrogens is 2. The average Bonchev–Trinajstić information content (AvgIpc) is 2.70. The first-order valence-corrected chi connectivity index (χ1v) is 6.65. The molecular formula is C13H22N4O. The van der Waals surface area contributed by atoms with Gasteiger partial charge in [0.25, 0.3) is 5.56 Å². The molecule has 18 heavy (non-hydrogen) atoms. The van der Waals surface area contributed by atoms with Crippen LogP contribution in [0.5, 0.6) is 0 Å². The summed E-state index contributed by atoms with van der Waals surface area (Å²) in [4.78, 5) is 16.3. The first kappa shape index (κ1) is 13.1. The van der Waals surface area contributed by atoms with E-state index in [2.05, 4.69) is 24.1 Å². The lowest BCUT2D eigenvalue weighted by atomic mass is 10.2. The van der Waals surface area contributed by atoms with Crippen LogP contribution in [0.25, 0.3) is 0 Å². The molecule has 1 aliphatic rings. The predicted octanol–water partition coefficient (Wildman–Crippen LogP) is 1.19. The Morgan fingerprint density at radius 2 is 2.33 bits per heavy atom. The van der Waals surface area contributed by atoms with E-state index < -0.39 is 0 Å². The molecule has 0 amide bonds. The van der Waals surface area contributed by atoms with Crippen molar-refractivity contribution in [3.63, 3.8) is 0 Å². The summed E-state index contributed by atoms with van der Waals surface area (Å²) in [6.07, 6.45) is 6.56. The van der Waals surface area contributed by atoms with Crippen LogP contribution in [0.1, 0.15) is 33.1 Å². The van der Waals surface area contributed by atoms with Crippen molar-refractivity contribution < 1.29 is 0 Å². The lowest BCUT2D eigenvalue weighted by molar-refractivity contribution is 0.508. The average molecular weight is 250 g/mol. The van der Waals surface area contributed by atoms with Crippen LogP contribution in [0.2, 0.25) is 0 Å². The van der Waals surface area contributed by atoms with Crippen LogP contribution in [0, 0.1) is 5.92 Å². The highest BCUT2D eigenvalue weighted by Gasteiger charge is 2.24. The Bertz CT molecular complexity index is 455. The van der Waals surface area contributed by atoms with E-state index in [9.17, 15) is 4.79 Å². The number of nitrogens with zero attached hydrogens (tertiary/aromatic N) is 2. The maximum atomic E-state index is 12.2. The van der Waals surface area contributed by atoms with E-state index >= 15 is 0 Å². The zero-order chi connectivity index (χ0) is 13.1. The lowest BCUT2D eigenvalue weighted by Gasteiger charge is -2.18. The zero-order valence-electron chi connectivity index (χ0n) is 11.1. The summed E-state index contributed by atoms with van der Waals surface area (Å²) >= 11 is 0. The number of anilines is 1. The summed E-state index contributed by atoms with van der Waals surface area (Å²) in [5.74, 6) is 0.868. The summed E-state index contributed by atoms with van der Waals surface area (Å²) in [7, 11) is 0. The van der Waals surface area contributed by atoms with E-state index in [4.69, 9.17) is 5.73 Å². The minimum absolute atomic E-state index is 0.0506. The molecule has 0 radical (unpaired) electrons. The molecule has 5 nitrogen and oxygen atoms in total. The number of nitrogens with one attached hydrogen (secondary N) is 1. The predicted molar refractivity (Wildman–Crippen MR) is 72.6 cm³/mol. The highest BCUT2D eigenvalue weighted by atomic mass is 16.1. The molecule has 2 rings (SSSR count). The zero-order valence-corrected chi connectivity index (χ0v) is 11.1. The molecule has 0 saturated heterocycles. The smallest absolute Gasteiger partial charge is 0.293 e. The van der Waals surface area contributed by atoms with E-state index in [0.717, 1.165) is 19.3 Å². The first-order valence-electron chi connectivity index (χ1n) is 6.65. The van der Waals surface area contributed by atoms with Crippen LogP contribution >= 0.6 is 0 Å². The fraction of sp³-hybridized carbons (Fsp3) is 0.692. The fourth-order valence-electron chi connectivity index (χ4n) is 2.43. The molecule has 3 N–H and O–H groups in total. The number of rotatable bonds is 4. The Morgan fingerprint density at radius 3 is 2.94 bits per heavy atom. The number of hydrogen-bond donors (Lipinski definition) is 2. The first-order chi connectivity index (χ1) is 8.58. The summed E-state index contributed by atoms with van der Waals surface area (Å²) in [5, 5.41) is 3.20. The Balaban J connectivity index is 2.15. The standard InChI is InChI=1S/C13H22N4O/c1-9(2)8-17-7-6-15-12(13(17)18)16-11-5-3-4-10(11)14/h6-7,9-11H,3-5,8,14H2,1-2H3,(H,15,16). The molecule has 5 heteroatoms. The van der Waals surface area contributed by atoms with Gasteiger partial charge in [-0.2, -0.15) is 0 Å². The van der Waals surface area contributed by atoms with Crippen molar-refractivity contribution in [2.75, 3.05) is 5.32 Å². The summed E-state index contributed by atoms with van der Waals surface area (Å²) < 4.78 is 1.71. The third kappa shape index (κ3) is 2.90. The molecule has 0 aliphatic heterocycles. The lowest BCUT2D eigenvalue weighted by Crippen LogP contribution is -2.38. The molecule has 1 aromatic heterocycles. The third-order valence-electron chi connectivity index (χ3n) is 3.37. The largest absolute Gasteiger partial charge is 0.361 e. The van der Waals surface area contributed by atoms with Crippen molar-refractivity contribution in [2.24, 2.45) is 11.7 Å². The van der Waals surface area contributed by atoms with Crippen LogP contribution < -0.4 is 16.6 Å². The van der Waals surface area contributed by atoms with Crippen LogP contribution in [-0.4, -0.2) is 21.6 Å². The normalized spacial score (nSPS) is 23.6. The second kappa shape index (κ2) is 5.52. The number of nitrogens with two attached hydrogens (primary N) is 1. The molecule has 2 unspecified atom stereocenters. The quantitative estimate of drug-likeness (QED) is 0.842. The Hall–Kier alpha value is -1.36. The van der Waals surface area contributed by atoms with Crippen molar-refractivity contribution in [1.82, 2.24) is 9.55 Å². The molecule has 2 atom stereocenters. The maximum absolute atomic E-state index is 12.2. The molecule has 0 spiro atoms. The third-order valence-corrected chi connectivity index (χ3v) is 3.37. The Kier molecular flexibility index (Phi) is 4.01. The van der Waals surface area contributed by atoms with Gasteiger partial charge >= 0.3 is 0 Å². The van der Waals surface area contributed by atoms with Crippen LogP contribution in [0.4, 0.5) is 5.82 Å². The SMILES string of the molecule is CC(C)Cn1ccnc(NC2CCCC2N)c1=O. The van der Waals surface area contributed by atoms with Crippen molar-refractivity contribution in [3.05, 3.63) is 22.7 Å². The van der Waals surface area contributed by atoms with Gasteiger partial charge in [-0.25, -0.2) is 4.98 Å². The minimum Gasteiger partial charge on any atom is -0.361 e. The molecule has 0 bridgehead atoms. The van der Waals surface area contributed by atoms with E-state index in [1.54, 1.807) is 17.0 Å². The van der Waals surface area contributed by atoms with Crippen LogP contribution in [-0.2, 0) is 6.54 Å². The molecule has 1 heterocycles. The van der Waals surface area contributed by atoms with Gasteiger partial charge in [-0.15, -0.1) is 0 Å². The van der Waals surface area contributed by atoms with Gasteiger partial charge in [-0.05, 0) is 25.2 Å². The van der Waals surface area contributed by atoms with Crippen LogP contribution in [0.15, 0.2) is 17.2 Å². The molecular weight excluding hydrogens is 228 g/mol.